The summed E-state index contributed by atoms with van der Waals surface area (Å²) in [5.41, 5.74) is 1.77. The number of imidazole rings is 1. The largest absolute Gasteiger partial charge is 0.340 e. The van der Waals surface area contributed by atoms with E-state index in [0.29, 0.717) is 11.9 Å². The number of nitrogens with zero attached hydrogens (tertiary/aromatic N) is 3. The molecule has 3 atom stereocenters. The summed E-state index contributed by atoms with van der Waals surface area (Å²) in [6, 6.07) is 15.6. The van der Waals surface area contributed by atoms with Crippen LogP contribution in [0.25, 0.3) is 0 Å². The van der Waals surface area contributed by atoms with Crippen LogP contribution in [0.2, 0.25) is 0 Å². The van der Waals surface area contributed by atoms with Crippen LogP contribution in [-0.4, -0.2) is 32.9 Å². The van der Waals surface area contributed by atoms with Crippen LogP contribution >= 0.6 is 0 Å². The molecule has 2 aromatic carbocycles. The van der Waals surface area contributed by atoms with Crippen molar-refractivity contribution in [2.24, 2.45) is 7.05 Å². The standard InChI is InChI=1S/C25H29FN4O/c1-18-8-6-7-16-30(18)23(20-9-4-3-5-10-20)25(31)28-22(24-27-15-17-29(24)2)19-11-13-21(26)14-12-19/h3-5,9-15,17-18,22-23H,6-8,16H2,1-2H3,(H,28,31)/t18-,22-,23-/m1/s1. The molecule has 1 N–H and O–H groups in total. The maximum Gasteiger partial charge on any atom is 0.242 e. The van der Waals surface area contributed by atoms with Gasteiger partial charge in [0.15, 0.2) is 0 Å². The van der Waals surface area contributed by atoms with Crippen LogP contribution in [0.4, 0.5) is 4.39 Å². The lowest BCUT2D eigenvalue weighted by molar-refractivity contribution is -0.128. The fourth-order valence-electron chi connectivity index (χ4n) is 4.46. The Balaban J connectivity index is 1.69. The second kappa shape index (κ2) is 9.43. The number of aryl methyl sites for hydroxylation is 1. The highest BCUT2D eigenvalue weighted by molar-refractivity contribution is 5.84. The minimum absolute atomic E-state index is 0.0720. The number of benzene rings is 2. The lowest BCUT2D eigenvalue weighted by Crippen LogP contribution is -2.47. The monoisotopic (exact) mass is 420 g/mol. The third-order valence-corrected chi connectivity index (χ3v) is 6.16. The number of hydrogen-bond acceptors (Lipinski definition) is 3. The molecule has 31 heavy (non-hydrogen) atoms. The third kappa shape index (κ3) is 4.69. The lowest BCUT2D eigenvalue weighted by atomic mass is 9.96. The second-order valence-corrected chi connectivity index (χ2v) is 8.29. The van der Waals surface area contributed by atoms with Crippen molar-refractivity contribution in [2.75, 3.05) is 6.54 Å². The van der Waals surface area contributed by atoms with Crippen molar-refractivity contribution in [1.29, 1.82) is 0 Å². The van der Waals surface area contributed by atoms with Gasteiger partial charge in [0, 0.05) is 25.5 Å². The number of halogens is 1. The quantitative estimate of drug-likeness (QED) is 0.644. The van der Waals surface area contributed by atoms with E-state index < -0.39 is 6.04 Å². The Morgan fingerprint density at radius 3 is 2.48 bits per heavy atom. The number of piperidine rings is 1. The molecule has 1 saturated heterocycles. The van der Waals surface area contributed by atoms with Crippen molar-refractivity contribution < 1.29 is 9.18 Å². The molecule has 4 rings (SSSR count). The van der Waals surface area contributed by atoms with Gasteiger partial charge in [-0.05, 0) is 49.6 Å². The summed E-state index contributed by atoms with van der Waals surface area (Å²) in [7, 11) is 1.90. The Labute approximate surface area is 182 Å². The van der Waals surface area contributed by atoms with Crippen LogP contribution in [-0.2, 0) is 11.8 Å². The molecule has 0 aliphatic carbocycles. The molecule has 5 nitrogen and oxygen atoms in total. The normalized spacial score (nSPS) is 19.0. The van der Waals surface area contributed by atoms with Crippen LogP contribution in [0.15, 0.2) is 67.0 Å². The van der Waals surface area contributed by atoms with Gasteiger partial charge in [0.05, 0.1) is 0 Å². The smallest absolute Gasteiger partial charge is 0.242 e. The van der Waals surface area contributed by atoms with E-state index in [4.69, 9.17) is 0 Å². The highest BCUT2D eigenvalue weighted by atomic mass is 19.1. The topological polar surface area (TPSA) is 50.2 Å². The number of nitrogens with one attached hydrogen (secondary N) is 1. The Bertz CT molecular complexity index is 1000. The summed E-state index contributed by atoms with van der Waals surface area (Å²) in [5, 5.41) is 3.23. The maximum absolute atomic E-state index is 13.8. The molecule has 1 aromatic heterocycles. The molecule has 162 valence electrons. The average Bonchev–Trinajstić information content (AvgIpc) is 3.21. The van der Waals surface area contributed by atoms with Crippen LogP contribution in [0.1, 0.15) is 55.2 Å². The number of carbonyl (C=O) groups excluding carboxylic acids is 1. The van der Waals surface area contributed by atoms with Crippen LogP contribution in [0.3, 0.4) is 0 Å². The van der Waals surface area contributed by atoms with E-state index in [2.05, 4.69) is 22.1 Å². The van der Waals surface area contributed by atoms with E-state index in [1.54, 1.807) is 18.3 Å². The molecular weight excluding hydrogens is 391 g/mol. The first-order valence-electron chi connectivity index (χ1n) is 10.9. The van der Waals surface area contributed by atoms with E-state index >= 15 is 0 Å². The Morgan fingerprint density at radius 2 is 1.84 bits per heavy atom. The summed E-state index contributed by atoms with van der Waals surface area (Å²) < 4.78 is 15.4. The van der Waals surface area contributed by atoms with E-state index in [1.807, 2.05) is 48.1 Å². The fraction of sp³-hybridized carbons (Fsp3) is 0.360. The lowest BCUT2D eigenvalue weighted by Gasteiger charge is -2.39. The molecule has 0 saturated carbocycles. The van der Waals surface area contributed by atoms with E-state index in [0.717, 1.165) is 30.5 Å². The number of likely N-dealkylation sites (tertiary alicyclic amines) is 1. The van der Waals surface area contributed by atoms with Crippen molar-refractivity contribution >= 4 is 5.91 Å². The SMILES string of the molecule is C[C@@H]1CCCCN1[C@@H](C(=O)N[C@H](c1ccc(F)cc1)c1nccn1C)c1ccccc1. The van der Waals surface area contributed by atoms with Gasteiger partial charge in [-0.25, -0.2) is 9.37 Å². The summed E-state index contributed by atoms with van der Waals surface area (Å²) in [6.07, 6.45) is 6.91. The molecular formula is C25H29FN4O. The van der Waals surface area contributed by atoms with Crippen molar-refractivity contribution in [2.45, 2.75) is 44.3 Å². The zero-order valence-corrected chi connectivity index (χ0v) is 18.0. The van der Waals surface area contributed by atoms with Crippen molar-refractivity contribution in [3.63, 3.8) is 0 Å². The molecule has 6 heteroatoms. The molecule has 1 fully saturated rings. The first-order chi connectivity index (χ1) is 15.0. The maximum atomic E-state index is 13.8. The third-order valence-electron chi connectivity index (χ3n) is 6.16. The molecule has 1 aliphatic heterocycles. The zero-order chi connectivity index (χ0) is 21.8. The molecule has 0 unspecified atom stereocenters. The van der Waals surface area contributed by atoms with Gasteiger partial charge >= 0.3 is 0 Å². The Kier molecular flexibility index (Phi) is 6.47. The van der Waals surface area contributed by atoms with Gasteiger partial charge < -0.3 is 9.88 Å². The molecule has 0 spiro atoms. The molecule has 1 aliphatic rings. The zero-order valence-electron chi connectivity index (χ0n) is 18.0. The molecule has 1 amide bonds. The van der Waals surface area contributed by atoms with Crippen molar-refractivity contribution in [1.82, 2.24) is 19.8 Å². The van der Waals surface area contributed by atoms with Crippen LogP contribution in [0, 0.1) is 5.82 Å². The highest BCUT2D eigenvalue weighted by Crippen LogP contribution is 2.30. The second-order valence-electron chi connectivity index (χ2n) is 8.29. The average molecular weight is 421 g/mol. The Morgan fingerprint density at radius 1 is 1.10 bits per heavy atom. The predicted molar refractivity (Wildman–Crippen MR) is 119 cm³/mol. The van der Waals surface area contributed by atoms with Crippen LogP contribution in [0.5, 0.6) is 0 Å². The van der Waals surface area contributed by atoms with Gasteiger partial charge in [-0.15, -0.1) is 0 Å². The molecule has 3 aromatic rings. The number of aromatic nitrogens is 2. The van der Waals surface area contributed by atoms with Gasteiger partial charge in [0.2, 0.25) is 5.91 Å². The number of hydrogen-bond donors (Lipinski definition) is 1. The first kappa shape index (κ1) is 21.2. The Hall–Kier alpha value is -2.99. The molecule has 2 heterocycles. The number of rotatable bonds is 6. The van der Waals surface area contributed by atoms with Gasteiger partial charge in [0.1, 0.15) is 23.7 Å². The predicted octanol–water partition coefficient (Wildman–Crippen LogP) is 4.38. The minimum Gasteiger partial charge on any atom is -0.340 e. The van der Waals surface area contributed by atoms with Crippen LogP contribution < -0.4 is 5.32 Å². The molecule has 0 bridgehead atoms. The van der Waals surface area contributed by atoms with E-state index in [-0.39, 0.29) is 17.8 Å². The van der Waals surface area contributed by atoms with Crippen molar-refractivity contribution in [3.05, 3.63) is 89.8 Å². The van der Waals surface area contributed by atoms with Gasteiger partial charge in [-0.2, -0.15) is 0 Å². The summed E-state index contributed by atoms with van der Waals surface area (Å²) in [5.74, 6) is 0.328. The number of amides is 1. The van der Waals surface area contributed by atoms with Gasteiger partial charge in [0.25, 0.3) is 0 Å². The summed E-state index contributed by atoms with van der Waals surface area (Å²) in [4.78, 5) is 20.6. The number of carbonyl (C=O) groups is 1. The van der Waals surface area contributed by atoms with E-state index in [9.17, 15) is 9.18 Å². The minimum atomic E-state index is -0.473. The van der Waals surface area contributed by atoms with Crippen molar-refractivity contribution in [3.8, 4) is 0 Å². The summed E-state index contributed by atoms with van der Waals surface area (Å²) in [6.45, 7) is 3.08. The highest BCUT2D eigenvalue weighted by Gasteiger charge is 2.34. The van der Waals surface area contributed by atoms with Gasteiger partial charge in [-0.1, -0.05) is 48.9 Å². The van der Waals surface area contributed by atoms with Gasteiger partial charge in [-0.3, -0.25) is 9.69 Å². The molecule has 0 radical (unpaired) electrons. The fourth-order valence-corrected chi connectivity index (χ4v) is 4.46. The first-order valence-corrected chi connectivity index (χ1v) is 10.9. The summed E-state index contributed by atoms with van der Waals surface area (Å²) >= 11 is 0. The van der Waals surface area contributed by atoms with E-state index in [1.165, 1.54) is 18.6 Å².